The summed E-state index contributed by atoms with van der Waals surface area (Å²) in [6.45, 7) is 2.02. The Morgan fingerprint density at radius 2 is 1.58 bits per heavy atom. The van der Waals surface area contributed by atoms with E-state index in [4.69, 9.17) is 9.47 Å². The van der Waals surface area contributed by atoms with Crippen molar-refractivity contribution >= 4 is 11.8 Å². The van der Waals surface area contributed by atoms with Crippen molar-refractivity contribution in [2.75, 3.05) is 14.2 Å². The molecule has 0 aliphatic heterocycles. The maximum atomic E-state index is 12.5. The fourth-order valence-corrected chi connectivity index (χ4v) is 2.64. The highest BCUT2D eigenvalue weighted by molar-refractivity contribution is 5.96. The number of carbonyl (C=O) groups is 2. The molecule has 26 heavy (non-hydrogen) atoms. The molecule has 0 radical (unpaired) electrons. The van der Waals surface area contributed by atoms with Gasteiger partial charge in [-0.1, -0.05) is 43.7 Å². The maximum absolute atomic E-state index is 12.5. The van der Waals surface area contributed by atoms with E-state index in [0.29, 0.717) is 23.5 Å². The Kier molecular flexibility index (Phi) is 7.02. The van der Waals surface area contributed by atoms with E-state index in [1.807, 2.05) is 37.3 Å². The topological polar surface area (TPSA) is 76.7 Å². The highest BCUT2D eigenvalue weighted by Gasteiger charge is 2.20. The minimum Gasteiger partial charge on any atom is -0.497 e. The first kappa shape index (κ1) is 19.3. The Morgan fingerprint density at radius 3 is 2.12 bits per heavy atom. The third kappa shape index (κ3) is 4.99. The van der Waals surface area contributed by atoms with Gasteiger partial charge in [0.1, 0.15) is 11.5 Å². The molecule has 138 valence electrons. The van der Waals surface area contributed by atoms with E-state index in [2.05, 4.69) is 10.9 Å². The average Bonchev–Trinajstić information content (AvgIpc) is 2.70. The van der Waals surface area contributed by atoms with Crippen LogP contribution in [0.2, 0.25) is 0 Å². The fourth-order valence-electron chi connectivity index (χ4n) is 2.64. The Bertz CT molecular complexity index is 724. The molecule has 0 heterocycles. The zero-order valence-corrected chi connectivity index (χ0v) is 15.2. The van der Waals surface area contributed by atoms with Gasteiger partial charge in [0.05, 0.1) is 20.1 Å². The monoisotopic (exact) mass is 356 g/mol. The largest absolute Gasteiger partial charge is 0.497 e. The lowest BCUT2D eigenvalue weighted by Gasteiger charge is -2.17. The van der Waals surface area contributed by atoms with E-state index in [-0.39, 0.29) is 11.8 Å². The van der Waals surface area contributed by atoms with Crippen LogP contribution in [-0.2, 0) is 4.79 Å². The minimum absolute atomic E-state index is 0.249. The van der Waals surface area contributed by atoms with Crippen molar-refractivity contribution in [1.29, 1.82) is 0 Å². The number of hydrogen-bond donors (Lipinski definition) is 2. The molecule has 2 rings (SSSR count). The van der Waals surface area contributed by atoms with Crippen LogP contribution < -0.4 is 20.3 Å². The number of methoxy groups -OCH3 is 2. The number of ether oxygens (including phenoxy) is 2. The van der Waals surface area contributed by atoms with Crippen LogP contribution in [-0.4, -0.2) is 26.0 Å². The lowest BCUT2D eigenvalue weighted by atomic mass is 9.94. The van der Waals surface area contributed by atoms with E-state index in [1.54, 1.807) is 18.2 Å². The zero-order chi connectivity index (χ0) is 18.9. The molecular weight excluding hydrogens is 332 g/mol. The highest BCUT2D eigenvalue weighted by atomic mass is 16.5. The Balaban J connectivity index is 2.06. The average molecular weight is 356 g/mol. The minimum atomic E-state index is -0.445. The van der Waals surface area contributed by atoms with Gasteiger partial charge in [-0.2, -0.15) is 0 Å². The van der Waals surface area contributed by atoms with E-state index in [9.17, 15) is 9.59 Å². The van der Waals surface area contributed by atoms with Gasteiger partial charge in [-0.3, -0.25) is 20.4 Å². The molecule has 0 aromatic heterocycles. The van der Waals surface area contributed by atoms with Crippen molar-refractivity contribution in [3.05, 3.63) is 59.7 Å². The van der Waals surface area contributed by atoms with E-state index in [1.165, 1.54) is 14.2 Å². The van der Waals surface area contributed by atoms with Gasteiger partial charge in [-0.25, -0.2) is 0 Å². The fraction of sp³-hybridized carbons (Fsp3) is 0.300. The van der Waals surface area contributed by atoms with Crippen molar-refractivity contribution in [3.63, 3.8) is 0 Å². The molecule has 0 aliphatic rings. The van der Waals surface area contributed by atoms with Crippen molar-refractivity contribution in [3.8, 4) is 11.5 Å². The quantitative estimate of drug-likeness (QED) is 0.748. The molecule has 0 aliphatic carbocycles. The Hall–Kier alpha value is -3.02. The van der Waals surface area contributed by atoms with Crippen LogP contribution in [0.5, 0.6) is 11.5 Å². The summed E-state index contributed by atoms with van der Waals surface area (Å²) in [5, 5.41) is 0. The van der Waals surface area contributed by atoms with E-state index < -0.39 is 5.91 Å². The van der Waals surface area contributed by atoms with Crippen LogP contribution in [0.15, 0.2) is 48.5 Å². The van der Waals surface area contributed by atoms with Gasteiger partial charge < -0.3 is 9.47 Å². The predicted octanol–water partition coefficient (Wildman–Crippen LogP) is 3.05. The van der Waals surface area contributed by atoms with Crippen LogP contribution in [0, 0.1) is 0 Å². The van der Waals surface area contributed by atoms with Crippen LogP contribution in [0.25, 0.3) is 0 Å². The molecule has 2 N–H and O–H groups in total. The van der Waals surface area contributed by atoms with Crippen molar-refractivity contribution < 1.29 is 19.1 Å². The molecule has 6 heteroatoms. The molecule has 1 atom stereocenters. The molecule has 2 amide bonds. The van der Waals surface area contributed by atoms with Gasteiger partial charge in [0.2, 0.25) is 5.91 Å². The first-order valence-electron chi connectivity index (χ1n) is 8.47. The number of hydrazine groups is 1. The number of nitrogens with one attached hydrogen (secondary N) is 2. The van der Waals surface area contributed by atoms with Crippen molar-refractivity contribution in [2.24, 2.45) is 0 Å². The summed E-state index contributed by atoms with van der Waals surface area (Å²) in [5.41, 5.74) is 6.23. The summed E-state index contributed by atoms with van der Waals surface area (Å²) >= 11 is 0. The standard InChI is InChI=1S/C20H24N2O4/c1-4-8-18(14-9-6-5-7-10-14)20(24)22-21-19(23)15-11-16(25-2)13-17(12-15)26-3/h5-7,9-13,18H,4,8H2,1-3H3,(H,21,23)(H,22,24)/t18-/m0/s1. The first-order chi connectivity index (χ1) is 12.6. The first-order valence-corrected chi connectivity index (χ1v) is 8.47. The second-order valence-corrected chi connectivity index (χ2v) is 5.80. The summed E-state index contributed by atoms with van der Waals surface area (Å²) in [4.78, 5) is 24.9. The summed E-state index contributed by atoms with van der Waals surface area (Å²) in [6.07, 6.45) is 1.55. The molecule has 0 spiro atoms. The summed E-state index contributed by atoms with van der Waals surface area (Å²) in [5.74, 6) is -0.0237. The van der Waals surface area contributed by atoms with Crippen LogP contribution in [0.4, 0.5) is 0 Å². The van der Waals surface area contributed by atoms with Crippen LogP contribution in [0.3, 0.4) is 0 Å². The number of hydrogen-bond acceptors (Lipinski definition) is 4. The lowest BCUT2D eigenvalue weighted by molar-refractivity contribution is -0.123. The van der Waals surface area contributed by atoms with Gasteiger partial charge in [0.25, 0.3) is 5.91 Å². The summed E-state index contributed by atoms with van der Waals surface area (Å²) in [6, 6.07) is 14.3. The van der Waals surface area contributed by atoms with Gasteiger partial charge in [0.15, 0.2) is 0 Å². The maximum Gasteiger partial charge on any atom is 0.269 e. The number of benzene rings is 2. The van der Waals surface area contributed by atoms with Crippen LogP contribution >= 0.6 is 0 Å². The second-order valence-electron chi connectivity index (χ2n) is 5.80. The lowest BCUT2D eigenvalue weighted by Crippen LogP contribution is -2.44. The summed E-state index contributed by atoms with van der Waals surface area (Å²) in [7, 11) is 3.01. The molecule has 0 saturated heterocycles. The molecule has 0 saturated carbocycles. The van der Waals surface area contributed by atoms with Gasteiger partial charge in [-0.15, -0.1) is 0 Å². The number of amides is 2. The third-order valence-corrected chi connectivity index (χ3v) is 4.01. The van der Waals surface area contributed by atoms with Crippen molar-refractivity contribution in [1.82, 2.24) is 10.9 Å². The molecule has 0 fully saturated rings. The Labute approximate surface area is 153 Å². The summed E-state index contributed by atoms with van der Waals surface area (Å²) < 4.78 is 10.3. The number of rotatable bonds is 7. The highest BCUT2D eigenvalue weighted by Crippen LogP contribution is 2.23. The predicted molar refractivity (Wildman–Crippen MR) is 99.2 cm³/mol. The smallest absolute Gasteiger partial charge is 0.269 e. The van der Waals surface area contributed by atoms with Crippen molar-refractivity contribution in [2.45, 2.75) is 25.7 Å². The van der Waals surface area contributed by atoms with Gasteiger partial charge in [-0.05, 0) is 24.1 Å². The molecule has 2 aromatic rings. The van der Waals surface area contributed by atoms with Gasteiger partial charge >= 0.3 is 0 Å². The van der Waals surface area contributed by atoms with Gasteiger partial charge in [0, 0.05) is 11.6 Å². The molecular formula is C20H24N2O4. The Morgan fingerprint density at radius 1 is 0.962 bits per heavy atom. The van der Waals surface area contributed by atoms with E-state index in [0.717, 1.165) is 12.0 Å². The molecule has 0 bridgehead atoms. The normalized spacial score (nSPS) is 11.3. The number of carbonyl (C=O) groups excluding carboxylic acids is 2. The van der Waals surface area contributed by atoms with Crippen LogP contribution in [0.1, 0.15) is 41.6 Å². The molecule has 2 aromatic carbocycles. The molecule has 6 nitrogen and oxygen atoms in total. The molecule has 0 unspecified atom stereocenters. The SMILES string of the molecule is CCC[C@H](C(=O)NNC(=O)c1cc(OC)cc(OC)c1)c1ccccc1. The zero-order valence-electron chi connectivity index (χ0n) is 15.2. The third-order valence-electron chi connectivity index (χ3n) is 4.01. The second kappa shape index (κ2) is 9.46. The van der Waals surface area contributed by atoms with E-state index >= 15 is 0 Å².